The topological polar surface area (TPSA) is 29.5 Å². The van der Waals surface area contributed by atoms with Crippen molar-refractivity contribution >= 4 is 5.97 Å². The number of benzene rings is 1. The van der Waals surface area contributed by atoms with Gasteiger partial charge in [-0.1, -0.05) is 36.4 Å². The van der Waals surface area contributed by atoms with Gasteiger partial charge in [-0.25, -0.2) is 4.79 Å². The number of carbonyl (C=O) groups excluding carboxylic acids is 1. The molecular formula is C16H19NO2. The van der Waals surface area contributed by atoms with E-state index in [-0.39, 0.29) is 12.0 Å². The van der Waals surface area contributed by atoms with Gasteiger partial charge in [-0.05, 0) is 24.8 Å². The van der Waals surface area contributed by atoms with Crippen LogP contribution in [0, 0.1) is 0 Å². The van der Waals surface area contributed by atoms with E-state index in [1.807, 2.05) is 6.07 Å². The lowest BCUT2D eigenvalue weighted by atomic mass is 10.0. The van der Waals surface area contributed by atoms with Crippen LogP contribution in [0.4, 0.5) is 0 Å². The SMILES string of the molecule is COC(=O)C1=CCC2CCC1N2Cc1ccccc1. The van der Waals surface area contributed by atoms with E-state index in [0.717, 1.165) is 25.0 Å². The van der Waals surface area contributed by atoms with Crippen molar-refractivity contribution in [1.29, 1.82) is 0 Å². The van der Waals surface area contributed by atoms with Gasteiger partial charge >= 0.3 is 5.97 Å². The van der Waals surface area contributed by atoms with Gasteiger partial charge in [0.15, 0.2) is 0 Å². The van der Waals surface area contributed by atoms with Crippen molar-refractivity contribution in [2.45, 2.75) is 37.9 Å². The molecule has 0 saturated carbocycles. The minimum Gasteiger partial charge on any atom is -0.466 e. The number of hydrogen-bond acceptors (Lipinski definition) is 3. The van der Waals surface area contributed by atoms with Crippen molar-refractivity contribution in [3.05, 3.63) is 47.5 Å². The van der Waals surface area contributed by atoms with Gasteiger partial charge in [-0.2, -0.15) is 0 Å². The Kier molecular flexibility index (Phi) is 3.38. The lowest BCUT2D eigenvalue weighted by Crippen LogP contribution is -2.41. The Bertz CT molecular complexity index is 495. The third-order valence-electron chi connectivity index (χ3n) is 4.24. The molecule has 1 aromatic rings. The normalized spacial score (nSPS) is 26.1. The largest absolute Gasteiger partial charge is 0.466 e. The van der Waals surface area contributed by atoms with E-state index in [1.54, 1.807) is 0 Å². The van der Waals surface area contributed by atoms with E-state index < -0.39 is 0 Å². The second-order valence-electron chi connectivity index (χ2n) is 5.29. The molecule has 1 fully saturated rings. The first kappa shape index (κ1) is 12.4. The van der Waals surface area contributed by atoms with Crippen LogP contribution in [0.2, 0.25) is 0 Å². The Balaban J connectivity index is 1.80. The highest BCUT2D eigenvalue weighted by Gasteiger charge is 2.40. The maximum atomic E-state index is 11.8. The van der Waals surface area contributed by atoms with E-state index in [2.05, 4.69) is 35.2 Å². The van der Waals surface area contributed by atoms with Crippen LogP contribution < -0.4 is 0 Å². The molecule has 0 aromatic heterocycles. The van der Waals surface area contributed by atoms with Gasteiger partial charge in [0.05, 0.1) is 12.7 Å². The molecule has 0 N–H and O–H groups in total. The third kappa shape index (κ3) is 2.30. The molecule has 2 aliphatic heterocycles. The van der Waals surface area contributed by atoms with Gasteiger partial charge < -0.3 is 4.74 Å². The number of esters is 1. The molecule has 0 radical (unpaired) electrons. The Morgan fingerprint density at radius 3 is 2.84 bits per heavy atom. The number of rotatable bonds is 3. The summed E-state index contributed by atoms with van der Waals surface area (Å²) in [5.74, 6) is -0.164. The molecule has 2 aliphatic rings. The van der Waals surface area contributed by atoms with Crippen LogP contribution in [0.25, 0.3) is 0 Å². The average Bonchev–Trinajstić information content (AvgIpc) is 2.71. The molecule has 3 heteroatoms. The first-order chi connectivity index (χ1) is 9.29. The summed E-state index contributed by atoms with van der Waals surface area (Å²) in [6.07, 6.45) is 5.29. The lowest BCUT2D eigenvalue weighted by molar-refractivity contribution is -0.137. The number of methoxy groups -OCH3 is 1. The maximum Gasteiger partial charge on any atom is 0.335 e. The summed E-state index contributed by atoms with van der Waals surface area (Å²) in [6, 6.07) is 11.3. The highest BCUT2D eigenvalue weighted by Crippen LogP contribution is 2.37. The van der Waals surface area contributed by atoms with Crippen LogP contribution in [0.3, 0.4) is 0 Å². The minimum absolute atomic E-state index is 0.164. The van der Waals surface area contributed by atoms with Crippen LogP contribution >= 0.6 is 0 Å². The van der Waals surface area contributed by atoms with Crippen molar-refractivity contribution in [2.24, 2.45) is 0 Å². The number of ether oxygens (including phenoxy) is 1. The smallest absolute Gasteiger partial charge is 0.335 e. The Hall–Kier alpha value is -1.61. The van der Waals surface area contributed by atoms with E-state index in [4.69, 9.17) is 4.74 Å². The summed E-state index contributed by atoms with van der Waals surface area (Å²) >= 11 is 0. The quantitative estimate of drug-likeness (QED) is 0.779. The van der Waals surface area contributed by atoms with Gasteiger partial charge in [0.1, 0.15) is 0 Å². The van der Waals surface area contributed by atoms with Gasteiger partial charge in [-0.3, -0.25) is 4.90 Å². The predicted molar refractivity (Wildman–Crippen MR) is 73.5 cm³/mol. The van der Waals surface area contributed by atoms with E-state index >= 15 is 0 Å². The molecular weight excluding hydrogens is 238 g/mol. The molecule has 2 heterocycles. The molecule has 0 spiro atoms. The van der Waals surface area contributed by atoms with E-state index in [1.165, 1.54) is 19.1 Å². The standard InChI is InChI=1S/C16H19NO2/c1-19-16(18)14-9-7-13-8-10-15(14)17(13)11-12-5-3-2-4-6-12/h2-6,9,13,15H,7-8,10-11H2,1H3. The maximum absolute atomic E-state index is 11.8. The zero-order valence-electron chi connectivity index (χ0n) is 11.2. The van der Waals surface area contributed by atoms with Crippen LogP contribution in [0.5, 0.6) is 0 Å². The van der Waals surface area contributed by atoms with E-state index in [0.29, 0.717) is 6.04 Å². The number of carbonyl (C=O) groups is 1. The predicted octanol–water partition coefficient (Wildman–Crippen LogP) is 2.52. The first-order valence-electron chi connectivity index (χ1n) is 6.87. The molecule has 2 unspecified atom stereocenters. The summed E-state index contributed by atoms with van der Waals surface area (Å²) in [5, 5.41) is 0. The molecule has 19 heavy (non-hydrogen) atoms. The Labute approximate surface area is 113 Å². The fraction of sp³-hybridized carbons (Fsp3) is 0.438. The molecule has 3 nitrogen and oxygen atoms in total. The van der Waals surface area contributed by atoms with Crippen LogP contribution in [-0.4, -0.2) is 30.1 Å². The van der Waals surface area contributed by atoms with E-state index in [9.17, 15) is 4.79 Å². The van der Waals surface area contributed by atoms with Crippen LogP contribution in [0.1, 0.15) is 24.8 Å². The number of hydrogen-bond donors (Lipinski definition) is 0. The van der Waals surface area contributed by atoms with Crippen molar-refractivity contribution in [3.63, 3.8) is 0 Å². The van der Waals surface area contributed by atoms with Crippen molar-refractivity contribution in [1.82, 2.24) is 4.90 Å². The summed E-state index contributed by atoms with van der Waals surface area (Å²) in [7, 11) is 1.46. The minimum atomic E-state index is -0.164. The highest BCUT2D eigenvalue weighted by molar-refractivity contribution is 5.90. The fourth-order valence-electron chi connectivity index (χ4n) is 3.29. The summed E-state index contributed by atoms with van der Waals surface area (Å²) < 4.78 is 4.90. The van der Waals surface area contributed by atoms with Gasteiger partial charge in [0.2, 0.25) is 0 Å². The average molecular weight is 257 g/mol. The zero-order chi connectivity index (χ0) is 13.2. The monoisotopic (exact) mass is 257 g/mol. The summed E-state index contributed by atoms with van der Waals surface area (Å²) in [6.45, 7) is 0.921. The molecule has 0 aliphatic carbocycles. The summed E-state index contributed by atoms with van der Waals surface area (Å²) in [5.41, 5.74) is 2.16. The molecule has 2 atom stereocenters. The molecule has 2 bridgehead atoms. The molecule has 1 saturated heterocycles. The molecule has 1 aromatic carbocycles. The van der Waals surface area contributed by atoms with Crippen molar-refractivity contribution < 1.29 is 9.53 Å². The Morgan fingerprint density at radius 2 is 2.11 bits per heavy atom. The fourth-order valence-corrected chi connectivity index (χ4v) is 3.29. The van der Waals surface area contributed by atoms with Crippen LogP contribution in [-0.2, 0) is 16.1 Å². The Morgan fingerprint density at radius 1 is 1.32 bits per heavy atom. The van der Waals surface area contributed by atoms with Crippen LogP contribution in [0.15, 0.2) is 42.0 Å². The molecule has 0 amide bonds. The number of fused-ring (bicyclic) bond motifs is 2. The molecule has 3 rings (SSSR count). The highest BCUT2D eigenvalue weighted by atomic mass is 16.5. The lowest BCUT2D eigenvalue weighted by Gasteiger charge is -2.34. The van der Waals surface area contributed by atoms with Gasteiger partial charge in [0.25, 0.3) is 0 Å². The van der Waals surface area contributed by atoms with Crippen molar-refractivity contribution in [2.75, 3.05) is 7.11 Å². The van der Waals surface area contributed by atoms with Crippen molar-refractivity contribution in [3.8, 4) is 0 Å². The van der Waals surface area contributed by atoms with Gasteiger partial charge in [0, 0.05) is 18.6 Å². The second kappa shape index (κ2) is 5.17. The third-order valence-corrected chi connectivity index (χ3v) is 4.24. The van der Waals surface area contributed by atoms with Gasteiger partial charge in [-0.15, -0.1) is 0 Å². The zero-order valence-corrected chi connectivity index (χ0v) is 11.2. The molecule has 100 valence electrons. The second-order valence-corrected chi connectivity index (χ2v) is 5.29. The number of nitrogens with zero attached hydrogens (tertiary/aromatic N) is 1. The first-order valence-corrected chi connectivity index (χ1v) is 6.87. The summed E-state index contributed by atoms with van der Waals surface area (Å²) in [4.78, 5) is 14.3.